The Morgan fingerprint density at radius 1 is 1.67 bits per heavy atom. The van der Waals surface area contributed by atoms with Crippen LogP contribution < -0.4 is 12.4 Å². The molecule has 0 fully saturated rings. The van der Waals surface area contributed by atoms with Gasteiger partial charge in [0.15, 0.2) is 0 Å². The summed E-state index contributed by atoms with van der Waals surface area (Å²) in [4.78, 5) is 0. The molecule has 2 nitrogen and oxygen atoms in total. The van der Waals surface area contributed by atoms with E-state index >= 15 is 0 Å². The van der Waals surface area contributed by atoms with E-state index in [1.165, 1.54) is 0 Å². The van der Waals surface area contributed by atoms with Crippen LogP contribution in [0.25, 0.3) is 0 Å². The van der Waals surface area contributed by atoms with Crippen LogP contribution in [0.15, 0.2) is 0 Å². The van der Waals surface area contributed by atoms with Gasteiger partial charge < -0.3 is 22.0 Å². The molecule has 0 aliphatic heterocycles. The minimum absolute atomic E-state index is 0. The summed E-state index contributed by atoms with van der Waals surface area (Å²) < 4.78 is 39.2. The summed E-state index contributed by atoms with van der Waals surface area (Å²) in [5, 5.41) is 8.79. The fourth-order valence-corrected chi connectivity index (χ4v) is 0.165. The summed E-state index contributed by atoms with van der Waals surface area (Å²) in [6.45, 7) is -6.81. The van der Waals surface area contributed by atoms with Crippen molar-refractivity contribution in [2.45, 2.75) is 0 Å². The molecule has 0 aliphatic carbocycles. The van der Waals surface area contributed by atoms with Crippen LogP contribution in [0.4, 0.5) is 4.39 Å². The molecule has 0 aromatic carbocycles. The number of aliphatic hydroxyl groups is 1. The molecule has 9 heavy (non-hydrogen) atoms. The fourth-order valence-electron chi connectivity index (χ4n) is 0.165. The normalized spacial score (nSPS) is 20.4. The van der Waals surface area contributed by atoms with Crippen LogP contribution in [0.2, 0.25) is 0 Å². The van der Waals surface area contributed by atoms with Gasteiger partial charge in [0.2, 0.25) is 6.80 Å². The molecule has 0 heterocycles. The van der Waals surface area contributed by atoms with E-state index in [0.717, 1.165) is 14.1 Å². The molecule has 0 bridgehead atoms. The molecule has 1 N–H and O–H groups in total. The first-order valence-electron chi connectivity index (χ1n) is 4.18. The number of nitrogens with zero attached hydrogens (tertiary/aromatic N) is 1. The second-order valence-corrected chi connectivity index (χ2v) is 2.03. The van der Waals surface area contributed by atoms with E-state index in [0.29, 0.717) is 0 Å². The molecule has 0 radical (unpaired) electrons. The lowest BCUT2D eigenvalue weighted by Gasteiger charge is -2.24. The quantitative estimate of drug-likeness (QED) is 0.345. The smallest absolute Gasteiger partial charge is 0.221 e. The molecule has 0 aromatic rings. The van der Waals surface area contributed by atoms with Gasteiger partial charge in [0.05, 0.1) is 26.1 Å². The summed E-state index contributed by atoms with van der Waals surface area (Å²) in [7, 11) is 2.32. The number of halogens is 2. The predicted molar refractivity (Wildman–Crippen MR) is 30.0 cm³/mol. The molecule has 58 valence electrons. The van der Waals surface area contributed by atoms with E-state index in [1.807, 2.05) is 0 Å². The number of hydrogen-bond donors (Lipinski definition) is 1. The highest BCUT2D eigenvalue weighted by Gasteiger charge is 2.11. The Labute approximate surface area is 66.9 Å². The molecular formula is C5H13ClFNO. The maximum Gasteiger partial charge on any atom is 0.221 e. The first-order chi connectivity index (χ1) is 5.06. The van der Waals surface area contributed by atoms with Crippen molar-refractivity contribution in [1.82, 2.24) is 0 Å². The average molecular weight is 161 g/mol. The van der Waals surface area contributed by atoms with Crippen LogP contribution in [0, 0.1) is 0 Å². The molecular weight excluding hydrogens is 144 g/mol. The number of rotatable bonds is 3. The summed E-state index contributed by atoms with van der Waals surface area (Å²) in [6.07, 6.45) is 0. The van der Waals surface area contributed by atoms with Gasteiger partial charge in [-0.2, -0.15) is 4.39 Å². The highest BCUT2D eigenvalue weighted by Crippen LogP contribution is 1.93. The molecule has 0 rings (SSSR count). The predicted octanol–water partition coefficient (Wildman–Crippen LogP) is -3.01. The summed E-state index contributed by atoms with van der Waals surface area (Å²) in [5.74, 6) is 0. The maximum atomic E-state index is 12.3. The lowest BCUT2D eigenvalue weighted by molar-refractivity contribution is -0.903. The molecule has 0 unspecified atom stereocenters. The minimum Gasteiger partial charge on any atom is -1.00 e. The highest BCUT2D eigenvalue weighted by atomic mass is 35.5. The van der Waals surface area contributed by atoms with Gasteiger partial charge in [-0.25, -0.2) is 0 Å². The van der Waals surface area contributed by atoms with Gasteiger partial charge in [-0.3, -0.25) is 0 Å². The van der Waals surface area contributed by atoms with Gasteiger partial charge in [0.25, 0.3) is 0 Å². The van der Waals surface area contributed by atoms with Gasteiger partial charge in [-0.1, -0.05) is 0 Å². The zero-order valence-electron chi connectivity index (χ0n) is 9.36. The van der Waals surface area contributed by atoms with E-state index in [4.69, 9.17) is 10.6 Å². The van der Waals surface area contributed by atoms with Gasteiger partial charge in [0, 0.05) is 0 Å². The zero-order valence-corrected chi connectivity index (χ0v) is 6.11. The second-order valence-electron chi connectivity index (χ2n) is 2.03. The third-order valence-electron chi connectivity index (χ3n) is 0.651. The van der Waals surface area contributed by atoms with E-state index in [-0.39, 0.29) is 12.4 Å². The minimum atomic E-state index is -3.05. The Hall–Kier alpha value is 0.140. The van der Waals surface area contributed by atoms with E-state index < -0.39 is 24.3 Å². The van der Waals surface area contributed by atoms with Crippen LogP contribution in [0.5, 0.6) is 0 Å². The Bertz CT molecular complexity index is 172. The average Bonchev–Trinajstić information content (AvgIpc) is 1.85. The van der Waals surface area contributed by atoms with Gasteiger partial charge >= 0.3 is 0 Å². The number of quaternary nitrogens is 1. The fraction of sp³-hybridized carbons (Fsp3) is 1.00. The molecule has 0 amide bonds. The van der Waals surface area contributed by atoms with Crippen molar-refractivity contribution in [3.05, 3.63) is 0 Å². The monoisotopic (exact) mass is 160 g/mol. The number of hydrogen-bond acceptors (Lipinski definition) is 1. The molecule has 0 spiro atoms. The van der Waals surface area contributed by atoms with E-state index in [1.54, 1.807) is 0 Å². The third-order valence-corrected chi connectivity index (χ3v) is 0.651. The third kappa shape index (κ3) is 6.02. The zero-order chi connectivity index (χ0) is 10.2. The van der Waals surface area contributed by atoms with Gasteiger partial charge in [-0.05, 0) is 0 Å². The van der Waals surface area contributed by atoms with Crippen molar-refractivity contribution < 1.29 is 31.9 Å². The summed E-state index contributed by atoms with van der Waals surface area (Å²) in [5.41, 5.74) is 0. The first kappa shape index (κ1) is 4.88. The van der Waals surface area contributed by atoms with Gasteiger partial charge in [-0.15, -0.1) is 0 Å². The number of likely N-dealkylation sites (N-methyl/N-ethyl adjacent to an activating group) is 1. The van der Waals surface area contributed by atoms with Crippen molar-refractivity contribution in [2.75, 3.05) is 33.9 Å². The van der Waals surface area contributed by atoms with Crippen LogP contribution >= 0.6 is 0 Å². The van der Waals surface area contributed by atoms with Crippen LogP contribution in [-0.4, -0.2) is 43.5 Å². The van der Waals surface area contributed by atoms with E-state index in [9.17, 15) is 4.39 Å². The van der Waals surface area contributed by atoms with Crippen molar-refractivity contribution >= 4 is 0 Å². The van der Waals surface area contributed by atoms with Crippen molar-refractivity contribution in [1.29, 1.82) is 0 Å². The van der Waals surface area contributed by atoms with Crippen LogP contribution in [0.3, 0.4) is 0 Å². The number of alkyl halides is 1. The Morgan fingerprint density at radius 3 is 2.22 bits per heavy atom. The largest absolute Gasteiger partial charge is 1.00 e. The van der Waals surface area contributed by atoms with Crippen molar-refractivity contribution in [2.24, 2.45) is 0 Å². The van der Waals surface area contributed by atoms with Gasteiger partial charge in [0.1, 0.15) is 6.50 Å². The molecule has 0 atom stereocenters. The molecule has 0 aliphatic rings. The standard InChI is InChI=1S/C5H13FNO.ClH/c1-7(2,5-6)3-4-8;/h8H,3-5H2,1-2H3;1H/q+1;/p-1/i3D2,4D2,6-1;. The lowest BCUT2D eigenvalue weighted by Crippen LogP contribution is -3.00. The maximum absolute atomic E-state index is 12.3. The van der Waals surface area contributed by atoms with Crippen LogP contribution in [-0.2, 0) is 0 Å². The molecule has 4 heteroatoms. The highest BCUT2D eigenvalue weighted by molar-refractivity contribution is 4.21. The summed E-state index contributed by atoms with van der Waals surface area (Å²) in [6, 6.07) is 0. The SMILES string of the molecule is [2H]C([2H])(O)C([2H])([2H])[N+](C)(C)C[18F].[Cl-]. The molecule has 0 saturated carbocycles. The first-order valence-corrected chi connectivity index (χ1v) is 2.18. The van der Waals surface area contributed by atoms with Crippen molar-refractivity contribution in [3.8, 4) is 0 Å². The molecule has 0 aromatic heterocycles. The second kappa shape index (κ2) is 4.97. The Kier molecular flexibility index (Phi) is 2.69. The van der Waals surface area contributed by atoms with Crippen molar-refractivity contribution in [3.63, 3.8) is 0 Å². The lowest BCUT2D eigenvalue weighted by atomic mass is 10.5. The topological polar surface area (TPSA) is 20.2 Å². The molecule has 0 saturated heterocycles. The van der Waals surface area contributed by atoms with E-state index in [2.05, 4.69) is 0 Å². The Morgan fingerprint density at radius 2 is 2.11 bits per heavy atom. The van der Waals surface area contributed by atoms with Crippen LogP contribution in [0.1, 0.15) is 5.48 Å². The Balaban J connectivity index is 0. The summed E-state index contributed by atoms with van der Waals surface area (Å²) >= 11 is 0.